The van der Waals surface area contributed by atoms with E-state index in [1.807, 2.05) is 35.8 Å². The molecule has 1 aliphatic rings. The smallest absolute Gasteiger partial charge is 0.250 e. The molecule has 1 heterocycles. The van der Waals surface area contributed by atoms with Crippen LogP contribution in [0.5, 0.6) is 0 Å². The van der Waals surface area contributed by atoms with Crippen LogP contribution in [0.2, 0.25) is 0 Å². The van der Waals surface area contributed by atoms with E-state index in [4.69, 9.17) is 17.0 Å². The molecule has 25 heavy (non-hydrogen) atoms. The Morgan fingerprint density at radius 1 is 1.44 bits per heavy atom. The molecule has 7 heteroatoms. The predicted octanol–water partition coefficient (Wildman–Crippen LogP) is 3.77. The van der Waals surface area contributed by atoms with Crippen LogP contribution in [0.1, 0.15) is 38.4 Å². The van der Waals surface area contributed by atoms with Crippen molar-refractivity contribution in [3.63, 3.8) is 0 Å². The molecule has 0 bridgehead atoms. The Morgan fingerprint density at radius 2 is 2.24 bits per heavy atom. The van der Waals surface area contributed by atoms with Crippen LogP contribution in [0.25, 0.3) is 5.69 Å². The fourth-order valence-electron chi connectivity index (χ4n) is 3.31. The minimum atomic E-state index is -0.137. The summed E-state index contributed by atoms with van der Waals surface area (Å²) in [5.41, 5.74) is 1.57. The first-order valence-corrected chi connectivity index (χ1v) is 9.11. The second-order valence-corrected chi connectivity index (χ2v) is 7.01. The van der Waals surface area contributed by atoms with Gasteiger partial charge >= 0.3 is 0 Å². The summed E-state index contributed by atoms with van der Waals surface area (Å²) in [7, 11) is 0. The van der Waals surface area contributed by atoms with Crippen LogP contribution in [0, 0.1) is 17.6 Å². The lowest BCUT2D eigenvalue weighted by atomic mass is 9.88. The number of rotatable bonds is 5. The summed E-state index contributed by atoms with van der Waals surface area (Å²) in [4.78, 5) is 12.2. The van der Waals surface area contributed by atoms with Crippen molar-refractivity contribution in [1.29, 1.82) is 0 Å². The molecule has 0 spiro atoms. The summed E-state index contributed by atoms with van der Waals surface area (Å²) in [5.74, 6) is 1.15. The van der Waals surface area contributed by atoms with Gasteiger partial charge in [-0.15, -0.1) is 0 Å². The number of ether oxygens (including phenoxy) is 1. The van der Waals surface area contributed by atoms with Gasteiger partial charge in [0.2, 0.25) is 5.91 Å². The molecule has 1 aromatic carbocycles. The normalized spacial score (nSPS) is 20.4. The molecule has 0 saturated heterocycles. The molecule has 1 amide bonds. The lowest BCUT2D eigenvalue weighted by Gasteiger charge is -2.28. The van der Waals surface area contributed by atoms with Gasteiger partial charge in [0.15, 0.2) is 4.77 Å². The maximum absolute atomic E-state index is 12.2. The molecular weight excluding hydrogens is 336 g/mol. The van der Waals surface area contributed by atoms with Crippen LogP contribution in [0.3, 0.4) is 0 Å². The molecule has 2 atom stereocenters. The molecule has 0 unspecified atom stereocenters. The van der Waals surface area contributed by atoms with Gasteiger partial charge in [-0.05, 0) is 56.1 Å². The maximum Gasteiger partial charge on any atom is 0.250 e. The second kappa shape index (κ2) is 7.93. The van der Waals surface area contributed by atoms with E-state index in [0.29, 0.717) is 16.4 Å². The molecule has 0 radical (unpaired) electrons. The minimum Gasteiger partial charge on any atom is -0.368 e. The van der Waals surface area contributed by atoms with E-state index >= 15 is 0 Å². The quantitative estimate of drug-likeness (QED) is 0.796. The van der Waals surface area contributed by atoms with Crippen molar-refractivity contribution in [1.82, 2.24) is 14.8 Å². The standard InChI is InChI=1S/C18H24N4O2S/c1-12-6-3-4-9-16(12)24-11-17(23)19-14-7-5-8-15(10-14)22-13(2)20-21-18(22)25/h5,7-8,10,12,16H,3-4,6,9,11H2,1-2H3,(H,19,23)(H,21,25)/t12-,16+/m1/s1. The predicted molar refractivity (Wildman–Crippen MR) is 99.5 cm³/mol. The Labute approximate surface area is 152 Å². The average molecular weight is 360 g/mol. The second-order valence-electron chi connectivity index (χ2n) is 6.62. The number of aryl methyl sites for hydroxylation is 1. The molecule has 1 aromatic heterocycles. The molecule has 6 nitrogen and oxygen atoms in total. The molecule has 2 N–H and O–H groups in total. The Morgan fingerprint density at radius 3 is 2.96 bits per heavy atom. The number of anilines is 1. The molecule has 3 rings (SSSR count). The Bertz CT molecular complexity index is 798. The van der Waals surface area contributed by atoms with Gasteiger partial charge in [0, 0.05) is 5.69 Å². The van der Waals surface area contributed by atoms with Crippen molar-refractivity contribution in [3.8, 4) is 5.69 Å². The third-order valence-corrected chi connectivity index (χ3v) is 4.96. The zero-order valence-electron chi connectivity index (χ0n) is 14.6. The summed E-state index contributed by atoms with van der Waals surface area (Å²) >= 11 is 5.25. The van der Waals surface area contributed by atoms with Gasteiger partial charge in [-0.1, -0.05) is 25.8 Å². The van der Waals surface area contributed by atoms with Crippen molar-refractivity contribution in [3.05, 3.63) is 34.9 Å². The molecule has 1 aliphatic carbocycles. The van der Waals surface area contributed by atoms with Crippen LogP contribution < -0.4 is 5.32 Å². The highest BCUT2D eigenvalue weighted by Crippen LogP contribution is 2.26. The first kappa shape index (κ1) is 17.8. The zero-order chi connectivity index (χ0) is 17.8. The van der Waals surface area contributed by atoms with E-state index in [0.717, 1.165) is 17.9 Å². The van der Waals surface area contributed by atoms with E-state index in [9.17, 15) is 4.79 Å². The average Bonchev–Trinajstić information content (AvgIpc) is 2.93. The van der Waals surface area contributed by atoms with Crippen LogP contribution in [-0.2, 0) is 9.53 Å². The highest BCUT2D eigenvalue weighted by atomic mass is 32.1. The summed E-state index contributed by atoms with van der Waals surface area (Å²) in [5, 5.41) is 9.77. The Kier molecular flexibility index (Phi) is 5.65. The van der Waals surface area contributed by atoms with Crippen molar-refractivity contribution in [2.24, 2.45) is 5.92 Å². The number of H-pyrrole nitrogens is 1. The van der Waals surface area contributed by atoms with Crippen molar-refractivity contribution in [2.45, 2.75) is 45.6 Å². The van der Waals surface area contributed by atoms with E-state index in [-0.39, 0.29) is 18.6 Å². The van der Waals surface area contributed by atoms with Gasteiger partial charge in [-0.25, -0.2) is 0 Å². The topological polar surface area (TPSA) is 71.9 Å². The molecular formula is C18H24N4O2S. The van der Waals surface area contributed by atoms with E-state index in [1.54, 1.807) is 0 Å². The number of hydrogen-bond donors (Lipinski definition) is 2. The number of hydrogen-bond acceptors (Lipinski definition) is 4. The molecule has 2 aromatic rings. The van der Waals surface area contributed by atoms with Gasteiger partial charge in [0.1, 0.15) is 12.4 Å². The van der Waals surface area contributed by atoms with Crippen molar-refractivity contribution >= 4 is 23.8 Å². The lowest BCUT2D eigenvalue weighted by Crippen LogP contribution is -2.29. The van der Waals surface area contributed by atoms with Gasteiger partial charge < -0.3 is 10.1 Å². The SMILES string of the molecule is Cc1n[nH]c(=S)n1-c1cccc(NC(=O)CO[C@H]2CCCC[C@H]2C)c1. The first-order valence-electron chi connectivity index (χ1n) is 8.70. The van der Waals surface area contributed by atoms with Gasteiger partial charge in [0.05, 0.1) is 11.8 Å². The largest absolute Gasteiger partial charge is 0.368 e. The highest BCUT2D eigenvalue weighted by molar-refractivity contribution is 7.71. The number of carbonyl (C=O) groups is 1. The van der Waals surface area contributed by atoms with Crippen LogP contribution >= 0.6 is 12.2 Å². The molecule has 1 saturated carbocycles. The van der Waals surface area contributed by atoms with Gasteiger partial charge in [-0.3, -0.25) is 14.5 Å². The third kappa shape index (κ3) is 4.35. The van der Waals surface area contributed by atoms with Crippen LogP contribution in [0.4, 0.5) is 5.69 Å². The summed E-state index contributed by atoms with van der Waals surface area (Å²) in [6, 6.07) is 7.53. The van der Waals surface area contributed by atoms with E-state index in [1.165, 1.54) is 19.3 Å². The Balaban J connectivity index is 1.62. The minimum absolute atomic E-state index is 0.0867. The first-order chi connectivity index (χ1) is 12.0. The third-order valence-electron chi connectivity index (χ3n) is 4.69. The summed E-state index contributed by atoms with van der Waals surface area (Å²) < 4.78 is 8.17. The van der Waals surface area contributed by atoms with E-state index in [2.05, 4.69) is 22.4 Å². The Hall–Kier alpha value is -1.99. The number of nitrogens with one attached hydrogen (secondary N) is 2. The summed E-state index contributed by atoms with van der Waals surface area (Å²) in [6.45, 7) is 4.15. The molecule has 1 fully saturated rings. The highest BCUT2D eigenvalue weighted by Gasteiger charge is 2.22. The number of benzene rings is 1. The van der Waals surface area contributed by atoms with Crippen molar-refractivity contribution in [2.75, 3.05) is 11.9 Å². The van der Waals surface area contributed by atoms with Gasteiger partial charge in [0.25, 0.3) is 0 Å². The molecule has 134 valence electrons. The lowest BCUT2D eigenvalue weighted by molar-refractivity contribution is -0.124. The number of aromatic nitrogens is 3. The monoisotopic (exact) mass is 360 g/mol. The van der Waals surface area contributed by atoms with E-state index < -0.39 is 0 Å². The number of carbonyl (C=O) groups excluding carboxylic acids is 1. The van der Waals surface area contributed by atoms with Crippen LogP contribution in [0.15, 0.2) is 24.3 Å². The summed E-state index contributed by atoms with van der Waals surface area (Å²) in [6.07, 6.45) is 4.86. The zero-order valence-corrected chi connectivity index (χ0v) is 15.4. The maximum atomic E-state index is 12.2. The number of amides is 1. The number of aromatic amines is 1. The molecule has 0 aliphatic heterocycles. The number of nitrogens with zero attached hydrogens (tertiary/aromatic N) is 2. The fraction of sp³-hybridized carbons (Fsp3) is 0.500. The van der Waals surface area contributed by atoms with Gasteiger partial charge in [-0.2, -0.15) is 5.10 Å². The van der Waals surface area contributed by atoms with Crippen LogP contribution in [-0.4, -0.2) is 33.4 Å². The van der Waals surface area contributed by atoms with Crippen molar-refractivity contribution < 1.29 is 9.53 Å². The fourth-order valence-corrected chi connectivity index (χ4v) is 3.60.